The Hall–Kier alpha value is -1.21. The van der Waals surface area contributed by atoms with Crippen LogP contribution in [0.4, 0.5) is 5.95 Å². The third kappa shape index (κ3) is 4.01. The van der Waals surface area contributed by atoms with E-state index in [9.17, 15) is 8.42 Å². The van der Waals surface area contributed by atoms with Crippen LogP contribution < -0.4 is 9.62 Å². The standard InChI is InChI=1S/C16H26N4O2S/c1-12-10-13(2)18-16(17-12)20-9-5-8-15(11-20)23(21,22)19-14-6-3-4-7-14/h10,14-15,19H,3-9,11H2,1-2H3. The lowest BCUT2D eigenvalue weighted by molar-refractivity contribution is 0.503. The molecule has 1 aromatic heterocycles. The van der Waals surface area contributed by atoms with Crippen LogP contribution in [0.2, 0.25) is 0 Å². The van der Waals surface area contributed by atoms with Gasteiger partial charge in [-0.1, -0.05) is 12.8 Å². The highest BCUT2D eigenvalue weighted by Crippen LogP contribution is 2.24. The van der Waals surface area contributed by atoms with Crippen LogP contribution in [0.25, 0.3) is 0 Å². The van der Waals surface area contributed by atoms with Gasteiger partial charge in [-0.25, -0.2) is 23.1 Å². The van der Waals surface area contributed by atoms with Crippen LogP contribution in [-0.4, -0.2) is 42.8 Å². The van der Waals surface area contributed by atoms with E-state index < -0.39 is 10.0 Å². The van der Waals surface area contributed by atoms with E-state index in [1.54, 1.807) is 0 Å². The maximum absolute atomic E-state index is 12.7. The summed E-state index contributed by atoms with van der Waals surface area (Å²) in [6.45, 7) is 5.18. The number of anilines is 1. The number of piperidine rings is 1. The number of hydrogen-bond acceptors (Lipinski definition) is 5. The van der Waals surface area contributed by atoms with Crippen LogP contribution in [-0.2, 0) is 10.0 Å². The molecule has 2 fully saturated rings. The van der Waals surface area contributed by atoms with E-state index in [0.717, 1.165) is 50.0 Å². The fraction of sp³-hybridized carbons (Fsp3) is 0.750. The van der Waals surface area contributed by atoms with Gasteiger partial charge in [0.15, 0.2) is 0 Å². The molecule has 1 saturated heterocycles. The lowest BCUT2D eigenvalue weighted by Gasteiger charge is -2.33. The van der Waals surface area contributed by atoms with E-state index in [0.29, 0.717) is 18.9 Å². The number of nitrogens with one attached hydrogen (secondary N) is 1. The first-order valence-corrected chi connectivity index (χ1v) is 10.1. The van der Waals surface area contributed by atoms with Crippen LogP contribution in [0.3, 0.4) is 0 Å². The zero-order valence-electron chi connectivity index (χ0n) is 14.0. The number of sulfonamides is 1. The maximum atomic E-state index is 12.7. The van der Waals surface area contributed by atoms with Crippen LogP contribution in [0, 0.1) is 13.8 Å². The first kappa shape index (κ1) is 16.6. The molecule has 1 aromatic rings. The molecule has 0 spiro atoms. The molecule has 1 saturated carbocycles. The van der Waals surface area contributed by atoms with Crippen LogP contribution in [0.15, 0.2) is 6.07 Å². The molecule has 1 atom stereocenters. The van der Waals surface area contributed by atoms with Crippen molar-refractivity contribution in [3.8, 4) is 0 Å². The highest BCUT2D eigenvalue weighted by Gasteiger charge is 2.33. The molecule has 1 unspecified atom stereocenters. The average molecular weight is 338 g/mol. The van der Waals surface area contributed by atoms with Crippen molar-refractivity contribution in [1.29, 1.82) is 0 Å². The van der Waals surface area contributed by atoms with Crippen molar-refractivity contribution < 1.29 is 8.42 Å². The molecule has 2 heterocycles. The third-order valence-corrected chi connectivity index (χ3v) is 6.68. The third-order valence-electron chi connectivity index (χ3n) is 4.76. The van der Waals surface area contributed by atoms with Crippen molar-refractivity contribution in [1.82, 2.24) is 14.7 Å². The van der Waals surface area contributed by atoms with E-state index in [1.165, 1.54) is 0 Å². The molecule has 128 valence electrons. The number of aryl methyl sites for hydroxylation is 2. The van der Waals surface area contributed by atoms with Gasteiger partial charge in [0.05, 0.1) is 5.25 Å². The molecule has 0 amide bonds. The molecule has 0 bridgehead atoms. The summed E-state index contributed by atoms with van der Waals surface area (Å²) in [6, 6.07) is 2.07. The number of nitrogens with zero attached hydrogens (tertiary/aromatic N) is 3. The Kier molecular flexibility index (Phi) is 4.87. The summed E-state index contributed by atoms with van der Waals surface area (Å²) in [5.41, 5.74) is 1.84. The van der Waals surface area contributed by atoms with E-state index >= 15 is 0 Å². The van der Waals surface area contributed by atoms with Gasteiger partial charge in [-0.2, -0.15) is 0 Å². The van der Waals surface area contributed by atoms with Gasteiger partial charge in [0, 0.05) is 30.5 Å². The van der Waals surface area contributed by atoms with Crippen molar-refractivity contribution in [2.75, 3.05) is 18.0 Å². The van der Waals surface area contributed by atoms with E-state index in [1.807, 2.05) is 24.8 Å². The fourth-order valence-electron chi connectivity index (χ4n) is 3.59. The first-order valence-electron chi connectivity index (χ1n) is 8.52. The van der Waals surface area contributed by atoms with Crippen molar-refractivity contribution >= 4 is 16.0 Å². The van der Waals surface area contributed by atoms with Crippen molar-refractivity contribution in [2.24, 2.45) is 0 Å². The van der Waals surface area contributed by atoms with E-state index in [4.69, 9.17) is 0 Å². The largest absolute Gasteiger partial charge is 0.339 e. The number of aromatic nitrogens is 2. The van der Waals surface area contributed by atoms with Gasteiger partial charge in [0.25, 0.3) is 0 Å². The molecule has 23 heavy (non-hydrogen) atoms. The Balaban J connectivity index is 1.72. The maximum Gasteiger partial charge on any atom is 0.225 e. The summed E-state index contributed by atoms with van der Waals surface area (Å²) in [7, 11) is -3.28. The second-order valence-electron chi connectivity index (χ2n) is 6.81. The molecular formula is C16H26N4O2S. The highest BCUT2D eigenvalue weighted by molar-refractivity contribution is 7.90. The lowest BCUT2D eigenvalue weighted by Crippen LogP contribution is -2.48. The smallest absolute Gasteiger partial charge is 0.225 e. The van der Waals surface area contributed by atoms with Gasteiger partial charge in [-0.15, -0.1) is 0 Å². The zero-order chi connectivity index (χ0) is 16.4. The van der Waals surface area contributed by atoms with Crippen LogP contribution in [0.5, 0.6) is 0 Å². The summed E-state index contributed by atoms with van der Waals surface area (Å²) in [6.07, 6.45) is 5.75. The summed E-state index contributed by atoms with van der Waals surface area (Å²) in [5.74, 6) is 0.656. The number of hydrogen-bond donors (Lipinski definition) is 1. The first-order chi connectivity index (χ1) is 10.9. The van der Waals surface area contributed by atoms with Gasteiger partial charge < -0.3 is 4.90 Å². The molecule has 1 N–H and O–H groups in total. The summed E-state index contributed by atoms with van der Waals surface area (Å²) in [4.78, 5) is 11.0. The van der Waals surface area contributed by atoms with Gasteiger partial charge in [-0.3, -0.25) is 0 Å². The molecule has 3 rings (SSSR count). The summed E-state index contributed by atoms with van der Waals surface area (Å²) < 4.78 is 28.3. The lowest BCUT2D eigenvalue weighted by atomic mass is 10.1. The molecular weight excluding hydrogens is 312 g/mol. The SMILES string of the molecule is Cc1cc(C)nc(N2CCCC(S(=O)(=O)NC3CCCC3)C2)n1. The quantitative estimate of drug-likeness (QED) is 0.908. The topological polar surface area (TPSA) is 75.2 Å². The monoisotopic (exact) mass is 338 g/mol. The zero-order valence-corrected chi connectivity index (χ0v) is 14.8. The Bertz CT molecular complexity index is 636. The Morgan fingerprint density at radius 1 is 1.09 bits per heavy atom. The predicted octanol–water partition coefficient (Wildman–Crippen LogP) is 1.92. The molecule has 2 aliphatic rings. The number of rotatable bonds is 4. The molecule has 0 radical (unpaired) electrons. The van der Waals surface area contributed by atoms with Crippen LogP contribution >= 0.6 is 0 Å². The second-order valence-corrected chi connectivity index (χ2v) is 8.80. The minimum Gasteiger partial charge on any atom is -0.339 e. The van der Waals surface area contributed by atoms with Gasteiger partial charge in [0.2, 0.25) is 16.0 Å². The van der Waals surface area contributed by atoms with Gasteiger partial charge >= 0.3 is 0 Å². The Morgan fingerprint density at radius 2 is 1.74 bits per heavy atom. The molecule has 1 aliphatic carbocycles. The highest BCUT2D eigenvalue weighted by atomic mass is 32.2. The molecule has 6 nitrogen and oxygen atoms in total. The van der Waals surface area contributed by atoms with E-state index in [-0.39, 0.29) is 11.3 Å². The molecule has 1 aliphatic heterocycles. The average Bonchev–Trinajstić information content (AvgIpc) is 2.98. The second kappa shape index (κ2) is 6.73. The van der Waals surface area contributed by atoms with Gasteiger partial charge in [-0.05, 0) is 45.6 Å². The van der Waals surface area contributed by atoms with Crippen molar-refractivity contribution in [3.05, 3.63) is 17.5 Å². The Morgan fingerprint density at radius 3 is 2.39 bits per heavy atom. The summed E-state index contributed by atoms with van der Waals surface area (Å²) in [5, 5.41) is -0.374. The minimum absolute atomic E-state index is 0.132. The van der Waals surface area contributed by atoms with Crippen molar-refractivity contribution in [2.45, 2.75) is 63.7 Å². The summed E-state index contributed by atoms with van der Waals surface area (Å²) >= 11 is 0. The van der Waals surface area contributed by atoms with Gasteiger partial charge in [0.1, 0.15) is 0 Å². The molecule has 7 heteroatoms. The van der Waals surface area contributed by atoms with Crippen molar-refractivity contribution in [3.63, 3.8) is 0 Å². The predicted molar refractivity (Wildman–Crippen MR) is 91.1 cm³/mol. The fourth-order valence-corrected chi connectivity index (χ4v) is 5.34. The Labute approximate surface area is 138 Å². The van der Waals surface area contributed by atoms with E-state index in [2.05, 4.69) is 14.7 Å². The molecule has 0 aromatic carbocycles. The normalized spacial score (nSPS) is 23.4. The minimum atomic E-state index is -3.28. The van der Waals surface area contributed by atoms with Crippen LogP contribution in [0.1, 0.15) is 49.9 Å².